The summed E-state index contributed by atoms with van der Waals surface area (Å²) in [5.74, 6) is -0.125. The van der Waals surface area contributed by atoms with Crippen LogP contribution in [-0.4, -0.2) is 41.3 Å². The van der Waals surface area contributed by atoms with E-state index < -0.39 is 24.1 Å². The molecular weight excluding hydrogens is 356 g/mol. The topological polar surface area (TPSA) is 83.8 Å². The minimum absolute atomic E-state index is 0.0923. The largest absolute Gasteiger partial charge is 0.460 e. The molecule has 3 saturated carbocycles. The van der Waals surface area contributed by atoms with Gasteiger partial charge >= 0.3 is 5.97 Å². The molecule has 0 saturated heterocycles. The summed E-state index contributed by atoms with van der Waals surface area (Å²) in [6.07, 6.45) is 5.34. The van der Waals surface area contributed by atoms with Gasteiger partial charge in [-0.1, -0.05) is 26.8 Å². The Bertz CT molecular complexity index is 659. The van der Waals surface area contributed by atoms with Crippen molar-refractivity contribution >= 4 is 11.8 Å². The van der Waals surface area contributed by atoms with Gasteiger partial charge in [-0.2, -0.15) is 0 Å². The first-order valence-electron chi connectivity index (χ1n) is 10.7. The van der Waals surface area contributed by atoms with E-state index in [0.29, 0.717) is 6.42 Å². The highest BCUT2D eigenvalue weighted by molar-refractivity contribution is 5.89. The molecule has 5 heteroatoms. The second-order valence-electron chi connectivity index (χ2n) is 10.0. The van der Waals surface area contributed by atoms with E-state index in [-0.39, 0.29) is 46.9 Å². The standard InChI is InChI=1S/C23H36O5/c1-6-21(4)11-17(28-18(26)13-25)22(5)14(2)7-9-23(15(3)20(21)27)10-8-16(12-24)19(22)23/h6,14-17,19,24-25H,1,7-13H2,2-5H3/t14-,15-,16+,17-,19?,21-,22+,23+/m1/s1. The van der Waals surface area contributed by atoms with Crippen LogP contribution in [0.5, 0.6) is 0 Å². The zero-order chi connectivity index (χ0) is 20.9. The Balaban J connectivity index is 2.22. The molecule has 0 amide bonds. The fraction of sp³-hybridized carbons (Fsp3) is 0.826. The highest BCUT2D eigenvalue weighted by atomic mass is 16.6. The quantitative estimate of drug-likeness (QED) is 0.567. The first kappa shape index (κ1) is 21.5. The fourth-order valence-corrected chi connectivity index (χ4v) is 7.18. The number of hydrogen-bond donors (Lipinski definition) is 2. The van der Waals surface area contributed by atoms with Crippen molar-refractivity contribution in [1.29, 1.82) is 0 Å². The number of Topliss-reactive ketones (excluding diaryl/α,β-unsaturated/α-hetero) is 1. The number of rotatable bonds is 4. The molecular formula is C23H36O5. The number of allylic oxidation sites excluding steroid dienone is 1. The van der Waals surface area contributed by atoms with Gasteiger partial charge in [0.15, 0.2) is 0 Å². The van der Waals surface area contributed by atoms with E-state index >= 15 is 0 Å². The third-order valence-corrected chi connectivity index (χ3v) is 9.06. The van der Waals surface area contributed by atoms with Gasteiger partial charge in [0, 0.05) is 29.8 Å². The van der Waals surface area contributed by atoms with Crippen LogP contribution >= 0.6 is 0 Å². The molecule has 8 atom stereocenters. The van der Waals surface area contributed by atoms with Crippen LogP contribution in [0.25, 0.3) is 0 Å². The molecule has 3 rings (SSSR count). The summed E-state index contributed by atoms with van der Waals surface area (Å²) in [5.41, 5.74) is -1.33. The lowest BCUT2D eigenvalue weighted by Crippen LogP contribution is -2.62. The Morgan fingerprint density at radius 2 is 1.89 bits per heavy atom. The highest BCUT2D eigenvalue weighted by Crippen LogP contribution is 2.69. The molecule has 3 fully saturated rings. The van der Waals surface area contributed by atoms with Crippen LogP contribution in [0.15, 0.2) is 12.7 Å². The van der Waals surface area contributed by atoms with Crippen molar-refractivity contribution in [3.05, 3.63) is 12.7 Å². The summed E-state index contributed by atoms with van der Waals surface area (Å²) in [6, 6.07) is 0. The molecule has 0 radical (unpaired) electrons. The van der Waals surface area contributed by atoms with Crippen LogP contribution in [0.4, 0.5) is 0 Å². The van der Waals surface area contributed by atoms with Crippen LogP contribution in [0.2, 0.25) is 0 Å². The number of ether oxygens (including phenoxy) is 1. The summed E-state index contributed by atoms with van der Waals surface area (Å²) < 4.78 is 5.84. The van der Waals surface area contributed by atoms with Crippen LogP contribution in [-0.2, 0) is 14.3 Å². The Labute approximate surface area is 168 Å². The molecule has 2 bridgehead atoms. The number of ketones is 1. The molecule has 0 aliphatic heterocycles. The second kappa shape index (κ2) is 7.24. The van der Waals surface area contributed by atoms with Gasteiger partial charge < -0.3 is 14.9 Å². The predicted octanol–water partition coefficient (Wildman–Crippen LogP) is 3.13. The lowest BCUT2D eigenvalue weighted by atomic mass is 9.43. The molecule has 3 aliphatic rings. The monoisotopic (exact) mass is 392 g/mol. The fourth-order valence-electron chi connectivity index (χ4n) is 7.18. The van der Waals surface area contributed by atoms with Crippen molar-refractivity contribution < 1.29 is 24.5 Å². The molecule has 0 aromatic rings. The summed E-state index contributed by atoms with van der Waals surface area (Å²) >= 11 is 0. The maximum atomic E-state index is 13.6. The van der Waals surface area contributed by atoms with E-state index in [9.17, 15) is 19.8 Å². The number of esters is 1. The molecule has 5 nitrogen and oxygen atoms in total. The molecule has 2 N–H and O–H groups in total. The molecule has 1 unspecified atom stereocenters. The molecule has 0 heterocycles. The van der Waals surface area contributed by atoms with E-state index in [4.69, 9.17) is 4.74 Å². The number of aliphatic hydroxyl groups is 2. The van der Waals surface area contributed by atoms with Crippen molar-refractivity contribution in [2.24, 2.45) is 39.9 Å². The van der Waals surface area contributed by atoms with E-state index in [1.165, 1.54) is 0 Å². The molecule has 158 valence electrons. The first-order chi connectivity index (χ1) is 13.1. The van der Waals surface area contributed by atoms with E-state index in [2.05, 4.69) is 27.4 Å². The minimum atomic E-state index is -0.784. The van der Waals surface area contributed by atoms with Gasteiger partial charge in [-0.15, -0.1) is 6.58 Å². The summed E-state index contributed by atoms with van der Waals surface area (Å²) in [6.45, 7) is 11.7. The van der Waals surface area contributed by atoms with Gasteiger partial charge in [0.1, 0.15) is 18.5 Å². The number of carbonyl (C=O) groups is 2. The molecule has 0 aromatic carbocycles. The molecule has 28 heavy (non-hydrogen) atoms. The highest BCUT2D eigenvalue weighted by Gasteiger charge is 2.67. The second-order valence-corrected chi connectivity index (χ2v) is 10.0. The Morgan fingerprint density at radius 3 is 2.46 bits per heavy atom. The van der Waals surface area contributed by atoms with Gasteiger partial charge in [0.25, 0.3) is 0 Å². The first-order valence-corrected chi connectivity index (χ1v) is 10.7. The summed E-state index contributed by atoms with van der Waals surface area (Å²) in [5, 5.41) is 19.5. The van der Waals surface area contributed by atoms with Crippen LogP contribution < -0.4 is 0 Å². The lowest BCUT2D eigenvalue weighted by Gasteiger charge is -2.62. The average Bonchev–Trinajstić information content (AvgIpc) is 3.09. The van der Waals surface area contributed by atoms with Crippen molar-refractivity contribution in [2.75, 3.05) is 13.2 Å². The SMILES string of the molecule is C=C[C@]1(C)C[C@@H](OC(=O)CO)[C@@]2(C)C3[C@H](CO)CC[C@@]3(CC[C@H]2C)[C@H](C)C1=O. The zero-order valence-corrected chi connectivity index (χ0v) is 17.7. The number of carbonyl (C=O) groups excluding carboxylic acids is 2. The van der Waals surface area contributed by atoms with E-state index in [1.54, 1.807) is 6.08 Å². The molecule has 0 aromatic heterocycles. The van der Waals surface area contributed by atoms with Gasteiger partial charge in [-0.25, -0.2) is 4.79 Å². The third kappa shape index (κ3) is 2.80. The maximum Gasteiger partial charge on any atom is 0.332 e. The number of hydrogen-bond acceptors (Lipinski definition) is 5. The maximum absolute atomic E-state index is 13.6. The van der Waals surface area contributed by atoms with Crippen molar-refractivity contribution in [1.82, 2.24) is 0 Å². The van der Waals surface area contributed by atoms with Gasteiger partial charge in [0.05, 0.1) is 0 Å². The van der Waals surface area contributed by atoms with Crippen molar-refractivity contribution in [2.45, 2.75) is 65.9 Å². The molecule has 3 aliphatic carbocycles. The lowest BCUT2D eigenvalue weighted by molar-refractivity contribution is -0.200. The normalized spacial score (nSPS) is 48.4. The average molecular weight is 393 g/mol. The van der Waals surface area contributed by atoms with E-state index in [0.717, 1.165) is 25.7 Å². The van der Waals surface area contributed by atoms with Gasteiger partial charge in [-0.3, -0.25) is 4.79 Å². The van der Waals surface area contributed by atoms with Crippen LogP contribution in [0, 0.1) is 39.9 Å². The zero-order valence-electron chi connectivity index (χ0n) is 17.7. The Morgan fingerprint density at radius 1 is 1.25 bits per heavy atom. The van der Waals surface area contributed by atoms with E-state index in [1.807, 2.05) is 6.92 Å². The van der Waals surface area contributed by atoms with Crippen LogP contribution in [0.3, 0.4) is 0 Å². The van der Waals surface area contributed by atoms with Gasteiger partial charge in [0.2, 0.25) is 0 Å². The summed E-state index contributed by atoms with van der Waals surface area (Å²) in [4.78, 5) is 25.8. The Hall–Kier alpha value is -1.20. The van der Waals surface area contributed by atoms with Gasteiger partial charge in [-0.05, 0) is 55.8 Å². The van der Waals surface area contributed by atoms with Crippen LogP contribution in [0.1, 0.15) is 59.8 Å². The van der Waals surface area contributed by atoms with Crippen molar-refractivity contribution in [3.63, 3.8) is 0 Å². The third-order valence-electron chi connectivity index (χ3n) is 9.06. The van der Waals surface area contributed by atoms with Crippen molar-refractivity contribution in [3.8, 4) is 0 Å². The number of aliphatic hydroxyl groups excluding tert-OH is 2. The smallest absolute Gasteiger partial charge is 0.332 e. The molecule has 0 spiro atoms. The Kier molecular flexibility index (Phi) is 5.56. The minimum Gasteiger partial charge on any atom is -0.460 e. The summed E-state index contributed by atoms with van der Waals surface area (Å²) in [7, 11) is 0. The predicted molar refractivity (Wildman–Crippen MR) is 106 cm³/mol.